The second-order valence-electron chi connectivity index (χ2n) is 7.02. The summed E-state index contributed by atoms with van der Waals surface area (Å²) in [6.45, 7) is 7.86. The van der Waals surface area contributed by atoms with Crippen LogP contribution in [0.2, 0.25) is 0 Å². The number of ether oxygens (including phenoxy) is 1. The average Bonchev–Trinajstić information content (AvgIpc) is 2.73. The molecule has 3 amide bonds. The number of nitrogens with one attached hydrogen (secondary N) is 1. The van der Waals surface area contributed by atoms with Gasteiger partial charge in [-0.15, -0.1) is 0 Å². The van der Waals surface area contributed by atoms with E-state index in [9.17, 15) is 9.59 Å². The third kappa shape index (κ3) is 4.62. The number of rotatable bonds is 2. The Morgan fingerprint density at radius 3 is 2.71 bits per heavy atom. The van der Waals surface area contributed by atoms with Crippen LogP contribution in [-0.2, 0) is 24.4 Å². The number of fused-ring (bicyclic) bond motifs is 1. The van der Waals surface area contributed by atoms with Crippen LogP contribution in [0.1, 0.15) is 38.6 Å². The molecule has 0 fully saturated rings. The molecule has 0 aliphatic carbocycles. The second-order valence-corrected chi connectivity index (χ2v) is 7.02. The van der Waals surface area contributed by atoms with Gasteiger partial charge in [-0.25, -0.2) is 9.59 Å². The number of aryl methyl sites for hydroxylation is 1. The number of amides is 3. The number of urea groups is 1. The van der Waals surface area contributed by atoms with Gasteiger partial charge in [0.15, 0.2) is 0 Å². The highest BCUT2D eigenvalue weighted by atomic mass is 16.6. The lowest BCUT2D eigenvalue weighted by atomic mass is 10.2. The van der Waals surface area contributed by atoms with E-state index in [2.05, 4.69) is 10.4 Å². The zero-order valence-corrected chi connectivity index (χ0v) is 15.1. The Balaban J connectivity index is 2.07. The zero-order valence-electron chi connectivity index (χ0n) is 15.1. The van der Waals surface area contributed by atoms with Gasteiger partial charge >= 0.3 is 12.1 Å². The van der Waals surface area contributed by atoms with Crippen LogP contribution in [0.15, 0.2) is 6.07 Å². The standard InChI is InChI=1S/C16H27N5O3/c1-16(2,3)24-15(23)20-7-6-8-21-13(11-20)9-12(18-21)10-19(5)14(22)17-4/h9H,6-8,10-11H2,1-5H3,(H,17,22). The highest BCUT2D eigenvalue weighted by Gasteiger charge is 2.25. The van der Waals surface area contributed by atoms with E-state index in [1.807, 2.05) is 31.5 Å². The molecule has 8 heteroatoms. The highest BCUT2D eigenvalue weighted by molar-refractivity contribution is 5.73. The minimum absolute atomic E-state index is 0.159. The van der Waals surface area contributed by atoms with Crippen LogP contribution in [0.25, 0.3) is 0 Å². The molecule has 0 aromatic carbocycles. The predicted octanol–water partition coefficient (Wildman–Crippen LogP) is 1.80. The highest BCUT2D eigenvalue weighted by Crippen LogP contribution is 2.18. The molecule has 0 spiro atoms. The van der Waals surface area contributed by atoms with Gasteiger partial charge in [-0.3, -0.25) is 4.68 Å². The fourth-order valence-electron chi connectivity index (χ4n) is 2.59. The fourth-order valence-corrected chi connectivity index (χ4v) is 2.59. The van der Waals surface area contributed by atoms with E-state index >= 15 is 0 Å². The molecule has 0 radical (unpaired) electrons. The van der Waals surface area contributed by atoms with Gasteiger partial charge in [0.1, 0.15) is 5.60 Å². The maximum atomic E-state index is 12.3. The van der Waals surface area contributed by atoms with Crippen LogP contribution in [-0.4, -0.2) is 57.9 Å². The molecular formula is C16H27N5O3. The Labute approximate surface area is 142 Å². The molecule has 1 aromatic heterocycles. The summed E-state index contributed by atoms with van der Waals surface area (Å²) in [6, 6.07) is 1.79. The molecule has 2 heterocycles. The molecule has 0 unspecified atom stereocenters. The number of nitrogens with zero attached hydrogens (tertiary/aromatic N) is 4. The molecule has 0 bridgehead atoms. The molecule has 1 N–H and O–H groups in total. The van der Waals surface area contributed by atoms with Gasteiger partial charge in [0.25, 0.3) is 0 Å². The summed E-state index contributed by atoms with van der Waals surface area (Å²) in [4.78, 5) is 27.2. The molecule has 1 aliphatic rings. The first kappa shape index (κ1) is 18.1. The molecule has 0 atom stereocenters. The number of carbonyl (C=O) groups excluding carboxylic acids is 2. The van der Waals surface area contributed by atoms with Crippen LogP contribution in [0.4, 0.5) is 9.59 Å². The summed E-state index contributed by atoms with van der Waals surface area (Å²) in [5, 5.41) is 7.14. The Hall–Kier alpha value is -2.25. The van der Waals surface area contributed by atoms with E-state index in [1.54, 1.807) is 23.9 Å². The smallest absolute Gasteiger partial charge is 0.410 e. The van der Waals surface area contributed by atoms with Gasteiger partial charge in [0, 0.05) is 27.2 Å². The van der Waals surface area contributed by atoms with E-state index < -0.39 is 5.60 Å². The van der Waals surface area contributed by atoms with Gasteiger partial charge in [-0.1, -0.05) is 0 Å². The first-order valence-electron chi connectivity index (χ1n) is 8.16. The van der Waals surface area contributed by atoms with E-state index in [1.165, 1.54) is 0 Å². The van der Waals surface area contributed by atoms with Gasteiger partial charge in [0.2, 0.25) is 0 Å². The van der Waals surface area contributed by atoms with Gasteiger partial charge in [-0.2, -0.15) is 5.10 Å². The molecule has 8 nitrogen and oxygen atoms in total. The third-order valence-electron chi connectivity index (χ3n) is 3.68. The van der Waals surface area contributed by atoms with Crippen molar-refractivity contribution >= 4 is 12.1 Å². The molecule has 24 heavy (non-hydrogen) atoms. The number of aromatic nitrogens is 2. The lowest BCUT2D eigenvalue weighted by Crippen LogP contribution is -2.36. The lowest BCUT2D eigenvalue weighted by molar-refractivity contribution is 0.0236. The van der Waals surface area contributed by atoms with Gasteiger partial charge in [0.05, 0.1) is 24.5 Å². The fraction of sp³-hybridized carbons (Fsp3) is 0.688. The minimum Gasteiger partial charge on any atom is -0.444 e. The molecule has 1 aromatic rings. The van der Waals surface area contributed by atoms with Crippen LogP contribution in [0.5, 0.6) is 0 Å². The first-order chi connectivity index (χ1) is 11.2. The van der Waals surface area contributed by atoms with Crippen LogP contribution < -0.4 is 5.32 Å². The molecule has 2 rings (SSSR count). The van der Waals surface area contributed by atoms with Crippen molar-refractivity contribution in [2.24, 2.45) is 0 Å². The van der Waals surface area contributed by atoms with Crippen molar-refractivity contribution in [2.75, 3.05) is 20.6 Å². The molecule has 0 saturated heterocycles. The second kappa shape index (κ2) is 7.11. The Kier molecular flexibility index (Phi) is 5.36. The van der Waals surface area contributed by atoms with Crippen LogP contribution in [0, 0.1) is 0 Å². The van der Waals surface area contributed by atoms with Gasteiger partial charge < -0.3 is 19.9 Å². The molecule has 134 valence electrons. The van der Waals surface area contributed by atoms with Crippen molar-refractivity contribution < 1.29 is 14.3 Å². The average molecular weight is 337 g/mol. The molecule has 0 saturated carbocycles. The van der Waals surface area contributed by atoms with Crippen molar-refractivity contribution in [2.45, 2.75) is 52.4 Å². The van der Waals surface area contributed by atoms with Crippen molar-refractivity contribution in [1.82, 2.24) is 24.9 Å². The number of hydrogen-bond acceptors (Lipinski definition) is 4. The van der Waals surface area contributed by atoms with Crippen molar-refractivity contribution in [3.05, 3.63) is 17.5 Å². The summed E-state index contributed by atoms with van der Waals surface area (Å²) in [5.41, 5.74) is 1.26. The maximum absolute atomic E-state index is 12.3. The van der Waals surface area contributed by atoms with Crippen molar-refractivity contribution in [3.63, 3.8) is 0 Å². The van der Waals surface area contributed by atoms with Crippen LogP contribution in [0.3, 0.4) is 0 Å². The SMILES string of the molecule is CNC(=O)N(C)Cc1cc2n(n1)CCCN(C(=O)OC(C)(C)C)C2. The molecular weight excluding hydrogens is 310 g/mol. The van der Waals surface area contributed by atoms with Crippen LogP contribution >= 0.6 is 0 Å². The van der Waals surface area contributed by atoms with Crippen molar-refractivity contribution in [3.8, 4) is 0 Å². The van der Waals surface area contributed by atoms with E-state index in [0.29, 0.717) is 19.6 Å². The minimum atomic E-state index is -0.509. The monoisotopic (exact) mass is 337 g/mol. The quantitative estimate of drug-likeness (QED) is 0.892. The van der Waals surface area contributed by atoms with Crippen molar-refractivity contribution in [1.29, 1.82) is 0 Å². The predicted molar refractivity (Wildman–Crippen MR) is 89.4 cm³/mol. The topological polar surface area (TPSA) is 79.7 Å². The lowest BCUT2D eigenvalue weighted by Gasteiger charge is -2.26. The Morgan fingerprint density at radius 2 is 2.08 bits per heavy atom. The molecule has 1 aliphatic heterocycles. The zero-order chi connectivity index (χ0) is 17.9. The summed E-state index contributed by atoms with van der Waals surface area (Å²) >= 11 is 0. The number of carbonyl (C=O) groups is 2. The van der Waals surface area contributed by atoms with E-state index in [4.69, 9.17) is 4.74 Å². The maximum Gasteiger partial charge on any atom is 0.410 e. The van der Waals surface area contributed by atoms with Gasteiger partial charge in [-0.05, 0) is 33.3 Å². The summed E-state index contributed by atoms with van der Waals surface area (Å²) < 4.78 is 7.38. The van der Waals surface area contributed by atoms with E-state index in [0.717, 1.165) is 24.4 Å². The summed E-state index contributed by atoms with van der Waals surface area (Å²) in [6.07, 6.45) is 0.514. The largest absolute Gasteiger partial charge is 0.444 e. The Morgan fingerprint density at radius 1 is 1.38 bits per heavy atom. The van der Waals surface area contributed by atoms with E-state index in [-0.39, 0.29) is 12.1 Å². The first-order valence-corrected chi connectivity index (χ1v) is 8.16. The Bertz CT molecular complexity index is 605. The summed E-state index contributed by atoms with van der Waals surface area (Å²) in [7, 11) is 3.32. The number of hydrogen-bond donors (Lipinski definition) is 1. The third-order valence-corrected chi connectivity index (χ3v) is 3.68. The summed E-state index contributed by atoms with van der Waals surface area (Å²) in [5.74, 6) is 0. The normalized spacial score (nSPS) is 14.6.